The monoisotopic (exact) mass is 344 g/mol. The molecule has 0 spiro atoms. The van der Waals surface area contributed by atoms with Gasteiger partial charge in [-0.15, -0.1) is 0 Å². The zero-order valence-electron chi connectivity index (χ0n) is 11.2. The molecule has 2 aromatic rings. The first-order chi connectivity index (χ1) is 10.3. The number of H-pyrrole nitrogens is 1. The van der Waals surface area contributed by atoms with Crippen molar-refractivity contribution >= 4 is 21.5 Å². The second-order valence-electron chi connectivity index (χ2n) is 5.04. The molecule has 0 unspecified atom stereocenters. The highest BCUT2D eigenvalue weighted by molar-refractivity contribution is 9.10. The van der Waals surface area contributed by atoms with Crippen molar-refractivity contribution in [3.8, 4) is 11.3 Å². The van der Waals surface area contributed by atoms with Crippen molar-refractivity contribution in [1.29, 1.82) is 0 Å². The largest absolute Gasteiger partial charge is 0.458 e. The molecular formula is C16H13BrN2O2. The first-order valence-electron chi connectivity index (χ1n) is 6.80. The number of hydrogen-bond acceptors (Lipinski definition) is 3. The molecule has 1 aromatic heterocycles. The Morgan fingerprint density at radius 3 is 3.00 bits per heavy atom. The fourth-order valence-electron chi connectivity index (χ4n) is 2.60. The Kier molecular flexibility index (Phi) is 3.07. The molecule has 5 heteroatoms. The lowest BCUT2D eigenvalue weighted by Gasteiger charge is -2.10. The molecule has 2 heterocycles. The van der Waals surface area contributed by atoms with Gasteiger partial charge in [0.25, 0.3) is 0 Å². The summed E-state index contributed by atoms with van der Waals surface area (Å²) in [7, 11) is 0. The summed E-state index contributed by atoms with van der Waals surface area (Å²) < 4.78 is 11.9. The molecule has 4 nitrogen and oxygen atoms in total. The van der Waals surface area contributed by atoms with Crippen LogP contribution in [0, 0.1) is 0 Å². The van der Waals surface area contributed by atoms with Gasteiger partial charge in [0, 0.05) is 16.5 Å². The molecule has 0 fully saturated rings. The van der Waals surface area contributed by atoms with Crippen LogP contribution in [0.5, 0.6) is 0 Å². The number of aromatic amines is 1. The molecule has 0 saturated carbocycles. The fraction of sp³-hybridized carbons (Fsp3) is 0.188. The van der Waals surface area contributed by atoms with Crippen molar-refractivity contribution in [2.45, 2.75) is 12.8 Å². The Labute approximate surface area is 130 Å². The second-order valence-corrected chi connectivity index (χ2v) is 5.96. The molecule has 21 heavy (non-hydrogen) atoms. The van der Waals surface area contributed by atoms with Crippen molar-refractivity contribution in [2.75, 3.05) is 6.79 Å². The summed E-state index contributed by atoms with van der Waals surface area (Å²) in [5.74, 6) is 1.81. The number of halogens is 1. The highest BCUT2D eigenvalue weighted by Gasteiger charge is 2.22. The van der Waals surface area contributed by atoms with Crippen molar-refractivity contribution < 1.29 is 9.47 Å². The Hall–Kier alpha value is -2.01. The highest BCUT2D eigenvalue weighted by Crippen LogP contribution is 2.34. The van der Waals surface area contributed by atoms with Gasteiger partial charge in [-0.1, -0.05) is 28.1 Å². The van der Waals surface area contributed by atoms with E-state index in [4.69, 9.17) is 9.47 Å². The lowest BCUT2D eigenvalue weighted by atomic mass is 9.99. The van der Waals surface area contributed by atoms with E-state index in [-0.39, 0.29) is 0 Å². The maximum absolute atomic E-state index is 5.45. The zero-order chi connectivity index (χ0) is 14.2. The second kappa shape index (κ2) is 5.07. The Bertz CT molecular complexity index is 761. The summed E-state index contributed by atoms with van der Waals surface area (Å²) in [5.41, 5.74) is 4.26. The summed E-state index contributed by atoms with van der Waals surface area (Å²) in [6, 6.07) is 10.2. The molecular weight excluding hydrogens is 332 g/mol. The third kappa shape index (κ3) is 2.38. The molecule has 106 valence electrons. The van der Waals surface area contributed by atoms with Crippen LogP contribution in [0.4, 0.5) is 0 Å². The lowest BCUT2D eigenvalue weighted by molar-refractivity contribution is 0.0729. The van der Waals surface area contributed by atoms with Gasteiger partial charge >= 0.3 is 0 Å². The van der Waals surface area contributed by atoms with Gasteiger partial charge in [0.2, 0.25) is 6.79 Å². The first kappa shape index (κ1) is 12.7. The van der Waals surface area contributed by atoms with Gasteiger partial charge in [0.1, 0.15) is 5.76 Å². The summed E-state index contributed by atoms with van der Waals surface area (Å²) >= 11 is 3.49. The number of benzene rings is 1. The smallest absolute Gasteiger partial charge is 0.230 e. The maximum Gasteiger partial charge on any atom is 0.230 e. The zero-order valence-corrected chi connectivity index (χ0v) is 12.8. The van der Waals surface area contributed by atoms with Crippen molar-refractivity contribution in [2.24, 2.45) is 0 Å². The summed E-state index contributed by atoms with van der Waals surface area (Å²) in [4.78, 5) is 0. The minimum Gasteiger partial charge on any atom is -0.458 e. The van der Waals surface area contributed by atoms with E-state index < -0.39 is 0 Å². The maximum atomic E-state index is 5.45. The Morgan fingerprint density at radius 1 is 1.14 bits per heavy atom. The van der Waals surface area contributed by atoms with Crippen LogP contribution in [0.3, 0.4) is 0 Å². The van der Waals surface area contributed by atoms with E-state index in [2.05, 4.69) is 44.3 Å². The highest BCUT2D eigenvalue weighted by atomic mass is 79.9. The molecule has 0 saturated heterocycles. The average molecular weight is 345 g/mol. The third-order valence-corrected chi connectivity index (χ3v) is 4.18. The van der Waals surface area contributed by atoms with Crippen molar-refractivity contribution in [3.63, 3.8) is 0 Å². The van der Waals surface area contributed by atoms with Gasteiger partial charge in [0.15, 0.2) is 5.76 Å². The predicted molar refractivity (Wildman–Crippen MR) is 83.0 cm³/mol. The molecule has 1 aliphatic heterocycles. The van der Waals surface area contributed by atoms with Gasteiger partial charge < -0.3 is 9.47 Å². The van der Waals surface area contributed by atoms with Crippen LogP contribution in [0.2, 0.25) is 0 Å². The van der Waals surface area contributed by atoms with Crippen LogP contribution in [0.1, 0.15) is 18.5 Å². The number of nitrogens with one attached hydrogen (secondary N) is 1. The minimum atomic E-state index is 0.332. The SMILES string of the molecule is Brc1cccc(-c2cc(C3=CC4=C(CC3)OCO4)n[nH]2)c1. The normalized spacial score (nSPS) is 17.1. The van der Waals surface area contributed by atoms with Crippen LogP contribution in [-0.4, -0.2) is 17.0 Å². The number of allylic oxidation sites excluding steroid dienone is 3. The number of nitrogens with zero attached hydrogens (tertiary/aromatic N) is 1. The predicted octanol–water partition coefficient (Wildman–Crippen LogP) is 4.23. The van der Waals surface area contributed by atoms with Gasteiger partial charge in [-0.05, 0) is 36.3 Å². The van der Waals surface area contributed by atoms with E-state index in [1.54, 1.807) is 0 Å². The van der Waals surface area contributed by atoms with Crippen LogP contribution in [-0.2, 0) is 9.47 Å². The van der Waals surface area contributed by atoms with Crippen molar-refractivity contribution in [1.82, 2.24) is 10.2 Å². The van der Waals surface area contributed by atoms with E-state index >= 15 is 0 Å². The molecule has 4 rings (SSSR count). The summed E-state index contributed by atoms with van der Waals surface area (Å²) in [6.07, 6.45) is 3.83. The number of aromatic nitrogens is 2. The van der Waals surface area contributed by atoms with Crippen LogP contribution >= 0.6 is 15.9 Å². The van der Waals surface area contributed by atoms with E-state index in [0.717, 1.165) is 45.8 Å². The molecule has 0 atom stereocenters. The lowest BCUT2D eigenvalue weighted by Crippen LogP contribution is -1.96. The first-order valence-corrected chi connectivity index (χ1v) is 7.60. The van der Waals surface area contributed by atoms with Crippen LogP contribution < -0.4 is 0 Å². The molecule has 2 aliphatic rings. The Morgan fingerprint density at radius 2 is 2.10 bits per heavy atom. The molecule has 1 N–H and O–H groups in total. The van der Waals surface area contributed by atoms with Gasteiger partial charge in [-0.2, -0.15) is 5.10 Å². The standard InChI is InChI=1S/C16H13BrN2O2/c17-12-3-1-2-10(6-12)13-8-14(19-18-13)11-4-5-15-16(7-11)21-9-20-15/h1-3,6-8H,4-5,9H2,(H,18,19). The third-order valence-electron chi connectivity index (χ3n) is 3.69. The molecule has 0 radical (unpaired) electrons. The topological polar surface area (TPSA) is 47.1 Å². The van der Waals surface area contributed by atoms with Gasteiger partial charge in [-0.25, -0.2) is 0 Å². The number of rotatable bonds is 2. The molecule has 1 aliphatic carbocycles. The Balaban J connectivity index is 1.66. The fourth-order valence-corrected chi connectivity index (χ4v) is 3.00. The number of ether oxygens (including phenoxy) is 2. The van der Waals surface area contributed by atoms with E-state index in [1.165, 1.54) is 5.57 Å². The average Bonchev–Trinajstić information content (AvgIpc) is 3.15. The minimum absolute atomic E-state index is 0.332. The van der Waals surface area contributed by atoms with E-state index in [1.807, 2.05) is 18.2 Å². The molecule has 0 amide bonds. The van der Waals surface area contributed by atoms with Gasteiger partial charge in [0.05, 0.1) is 11.4 Å². The molecule has 0 bridgehead atoms. The van der Waals surface area contributed by atoms with E-state index in [0.29, 0.717) is 6.79 Å². The summed E-state index contributed by atoms with van der Waals surface area (Å²) in [5, 5.41) is 7.54. The van der Waals surface area contributed by atoms with Crippen LogP contribution in [0.25, 0.3) is 16.8 Å². The van der Waals surface area contributed by atoms with Crippen molar-refractivity contribution in [3.05, 3.63) is 58.1 Å². The summed E-state index contributed by atoms with van der Waals surface area (Å²) in [6.45, 7) is 0.332. The van der Waals surface area contributed by atoms with Crippen LogP contribution in [0.15, 0.2) is 52.4 Å². The van der Waals surface area contributed by atoms with Gasteiger partial charge in [-0.3, -0.25) is 5.10 Å². The number of hydrogen-bond donors (Lipinski definition) is 1. The quantitative estimate of drug-likeness (QED) is 0.886. The van der Waals surface area contributed by atoms with E-state index in [9.17, 15) is 0 Å². The molecule has 1 aromatic carbocycles.